The standard InChI is InChI=1S/C19H17N3O4S/c23-17-15-11-2-1-3-14(11)27-19(15)22-16(21-17)18(24)20-9-10-4-5-12-13(8-10)26-7-6-25-12/h4-5,8H,1-3,6-7,9H2,(H,20,24)(H,21,22,23). The van der Waals surface area contributed by atoms with Crippen molar-refractivity contribution in [3.8, 4) is 11.5 Å². The summed E-state index contributed by atoms with van der Waals surface area (Å²) in [5, 5.41) is 3.45. The molecule has 2 aromatic heterocycles. The molecule has 0 fully saturated rings. The lowest BCUT2D eigenvalue weighted by Crippen LogP contribution is -2.27. The first kappa shape index (κ1) is 16.3. The van der Waals surface area contributed by atoms with Gasteiger partial charge in [0.2, 0.25) is 5.82 Å². The Morgan fingerprint density at radius 2 is 2.07 bits per heavy atom. The zero-order valence-electron chi connectivity index (χ0n) is 14.5. The van der Waals surface area contributed by atoms with Crippen molar-refractivity contribution in [1.29, 1.82) is 0 Å². The number of aromatic nitrogens is 2. The van der Waals surface area contributed by atoms with E-state index in [9.17, 15) is 9.59 Å². The Balaban J connectivity index is 1.36. The van der Waals surface area contributed by atoms with Gasteiger partial charge in [-0.1, -0.05) is 6.07 Å². The summed E-state index contributed by atoms with van der Waals surface area (Å²) >= 11 is 1.52. The summed E-state index contributed by atoms with van der Waals surface area (Å²) in [7, 11) is 0. The lowest BCUT2D eigenvalue weighted by atomic mass is 10.2. The summed E-state index contributed by atoms with van der Waals surface area (Å²) in [5.74, 6) is 1.02. The van der Waals surface area contributed by atoms with E-state index in [1.54, 1.807) is 0 Å². The van der Waals surface area contributed by atoms with E-state index in [0.29, 0.717) is 41.5 Å². The smallest absolute Gasteiger partial charge is 0.287 e. The highest BCUT2D eigenvalue weighted by Gasteiger charge is 2.22. The fraction of sp³-hybridized carbons (Fsp3) is 0.316. The number of thiophene rings is 1. The second kappa shape index (κ2) is 6.38. The van der Waals surface area contributed by atoms with Crippen molar-refractivity contribution in [2.75, 3.05) is 13.2 Å². The molecule has 5 rings (SSSR count). The van der Waals surface area contributed by atoms with E-state index in [1.807, 2.05) is 18.2 Å². The van der Waals surface area contributed by atoms with Crippen molar-refractivity contribution < 1.29 is 14.3 Å². The number of hydrogen-bond acceptors (Lipinski definition) is 6. The number of fused-ring (bicyclic) bond motifs is 4. The van der Waals surface area contributed by atoms with Crippen molar-refractivity contribution in [1.82, 2.24) is 15.3 Å². The molecule has 138 valence electrons. The predicted molar refractivity (Wildman–Crippen MR) is 101 cm³/mol. The van der Waals surface area contributed by atoms with Gasteiger partial charge in [-0.3, -0.25) is 9.59 Å². The van der Waals surface area contributed by atoms with Gasteiger partial charge in [0.15, 0.2) is 11.5 Å². The first-order chi connectivity index (χ1) is 13.2. The van der Waals surface area contributed by atoms with Crippen molar-refractivity contribution in [3.05, 3.63) is 50.4 Å². The molecule has 0 saturated carbocycles. The fourth-order valence-electron chi connectivity index (χ4n) is 3.57. The first-order valence-electron chi connectivity index (χ1n) is 8.90. The highest BCUT2D eigenvalue weighted by Crippen LogP contribution is 2.34. The number of rotatable bonds is 3. The minimum Gasteiger partial charge on any atom is -0.486 e. The van der Waals surface area contributed by atoms with Crippen LogP contribution >= 0.6 is 11.3 Å². The third-order valence-electron chi connectivity index (χ3n) is 4.85. The molecular weight excluding hydrogens is 366 g/mol. The summed E-state index contributed by atoms with van der Waals surface area (Å²) in [4.78, 5) is 33.8. The number of aryl methyl sites for hydroxylation is 2. The number of hydrogen-bond donors (Lipinski definition) is 2. The molecule has 2 N–H and O–H groups in total. The van der Waals surface area contributed by atoms with Gasteiger partial charge in [0, 0.05) is 11.4 Å². The van der Waals surface area contributed by atoms with Crippen LogP contribution in [0.25, 0.3) is 10.2 Å². The third kappa shape index (κ3) is 2.86. The quantitative estimate of drug-likeness (QED) is 0.723. The van der Waals surface area contributed by atoms with Gasteiger partial charge in [0.25, 0.3) is 11.5 Å². The van der Waals surface area contributed by atoms with Crippen LogP contribution in [0.2, 0.25) is 0 Å². The normalized spacial score (nSPS) is 15.0. The van der Waals surface area contributed by atoms with Crippen LogP contribution in [0.5, 0.6) is 11.5 Å². The van der Waals surface area contributed by atoms with Gasteiger partial charge < -0.3 is 19.8 Å². The molecule has 1 amide bonds. The highest BCUT2D eigenvalue weighted by atomic mass is 32.1. The Bertz CT molecular complexity index is 1120. The number of nitrogens with one attached hydrogen (secondary N) is 2. The molecule has 1 aliphatic carbocycles. The van der Waals surface area contributed by atoms with E-state index in [1.165, 1.54) is 16.2 Å². The van der Waals surface area contributed by atoms with E-state index in [-0.39, 0.29) is 11.4 Å². The average molecular weight is 383 g/mol. The highest BCUT2D eigenvalue weighted by molar-refractivity contribution is 7.18. The average Bonchev–Trinajstić information content (AvgIpc) is 3.26. The van der Waals surface area contributed by atoms with Crippen molar-refractivity contribution >= 4 is 27.5 Å². The summed E-state index contributed by atoms with van der Waals surface area (Å²) in [6, 6.07) is 5.55. The number of H-pyrrole nitrogens is 1. The molecule has 0 spiro atoms. The first-order valence-corrected chi connectivity index (χ1v) is 9.72. The molecule has 3 aromatic rings. The maximum Gasteiger partial charge on any atom is 0.287 e. The summed E-state index contributed by atoms with van der Waals surface area (Å²) in [6.07, 6.45) is 2.98. The SMILES string of the molecule is O=C(NCc1ccc2c(c1)OCCO2)c1nc2sc3c(c2c(=O)[nH]1)CCC3. The van der Waals surface area contributed by atoms with Crippen LogP contribution in [0.1, 0.15) is 33.0 Å². The van der Waals surface area contributed by atoms with Crippen LogP contribution in [0.4, 0.5) is 0 Å². The molecule has 0 saturated heterocycles. The number of aromatic amines is 1. The number of carbonyl (C=O) groups excluding carboxylic acids is 1. The topological polar surface area (TPSA) is 93.3 Å². The zero-order valence-corrected chi connectivity index (χ0v) is 15.3. The molecule has 2 aliphatic rings. The van der Waals surface area contributed by atoms with Gasteiger partial charge >= 0.3 is 0 Å². The molecule has 7 nitrogen and oxygen atoms in total. The Morgan fingerprint density at radius 3 is 2.96 bits per heavy atom. The number of benzene rings is 1. The number of nitrogens with zero attached hydrogens (tertiary/aromatic N) is 1. The van der Waals surface area contributed by atoms with Crippen LogP contribution < -0.4 is 20.3 Å². The second-order valence-corrected chi connectivity index (χ2v) is 7.70. The lowest BCUT2D eigenvalue weighted by Gasteiger charge is -2.18. The summed E-state index contributed by atoms with van der Waals surface area (Å²) in [6.45, 7) is 1.35. The number of carbonyl (C=O) groups is 1. The van der Waals surface area contributed by atoms with E-state index in [0.717, 1.165) is 30.4 Å². The second-order valence-electron chi connectivity index (χ2n) is 6.61. The van der Waals surface area contributed by atoms with E-state index in [4.69, 9.17) is 9.47 Å². The fourth-order valence-corrected chi connectivity index (χ4v) is 4.84. The minimum absolute atomic E-state index is 0.0463. The van der Waals surface area contributed by atoms with Gasteiger partial charge in [0.1, 0.15) is 18.0 Å². The van der Waals surface area contributed by atoms with Crippen molar-refractivity contribution in [2.45, 2.75) is 25.8 Å². The van der Waals surface area contributed by atoms with Crippen molar-refractivity contribution in [2.24, 2.45) is 0 Å². The van der Waals surface area contributed by atoms with Gasteiger partial charge in [-0.2, -0.15) is 0 Å². The Morgan fingerprint density at radius 1 is 1.22 bits per heavy atom. The molecule has 3 heterocycles. The summed E-state index contributed by atoms with van der Waals surface area (Å²) in [5.41, 5.74) is 1.75. The Kier molecular flexibility index (Phi) is 3.86. The summed E-state index contributed by atoms with van der Waals surface area (Å²) < 4.78 is 11.0. The van der Waals surface area contributed by atoms with E-state index < -0.39 is 5.91 Å². The number of ether oxygens (including phenoxy) is 2. The third-order valence-corrected chi connectivity index (χ3v) is 6.04. The van der Waals surface area contributed by atoms with Crippen LogP contribution in [-0.4, -0.2) is 29.1 Å². The van der Waals surface area contributed by atoms with E-state index >= 15 is 0 Å². The minimum atomic E-state index is -0.405. The Labute approximate surface area is 158 Å². The van der Waals surface area contributed by atoms with Crippen LogP contribution in [0.15, 0.2) is 23.0 Å². The number of amides is 1. The molecule has 0 radical (unpaired) electrons. The Hall–Kier alpha value is -2.87. The molecule has 1 aliphatic heterocycles. The van der Waals surface area contributed by atoms with Crippen molar-refractivity contribution in [3.63, 3.8) is 0 Å². The van der Waals surface area contributed by atoms with Gasteiger partial charge in [-0.05, 0) is 42.5 Å². The molecular formula is C19H17N3O4S. The molecule has 1 aromatic carbocycles. The lowest BCUT2D eigenvalue weighted by molar-refractivity contribution is 0.0940. The van der Waals surface area contributed by atoms with Gasteiger partial charge in [-0.15, -0.1) is 11.3 Å². The molecule has 27 heavy (non-hydrogen) atoms. The van der Waals surface area contributed by atoms with Crippen LogP contribution in [-0.2, 0) is 19.4 Å². The van der Waals surface area contributed by atoms with Gasteiger partial charge in [-0.25, -0.2) is 4.98 Å². The van der Waals surface area contributed by atoms with E-state index in [2.05, 4.69) is 15.3 Å². The largest absolute Gasteiger partial charge is 0.486 e. The molecule has 8 heteroatoms. The molecule has 0 atom stereocenters. The molecule has 0 unspecified atom stereocenters. The maximum atomic E-state index is 12.5. The molecule has 0 bridgehead atoms. The van der Waals surface area contributed by atoms with Crippen LogP contribution in [0, 0.1) is 0 Å². The van der Waals surface area contributed by atoms with Crippen LogP contribution in [0.3, 0.4) is 0 Å². The monoisotopic (exact) mass is 383 g/mol. The van der Waals surface area contributed by atoms with Gasteiger partial charge in [0.05, 0.1) is 5.39 Å². The maximum absolute atomic E-state index is 12.5. The zero-order chi connectivity index (χ0) is 18.4. The predicted octanol–water partition coefficient (Wildman–Crippen LogP) is 2.17.